The van der Waals surface area contributed by atoms with Crippen LogP contribution in [-0.4, -0.2) is 22.4 Å². The topological polar surface area (TPSA) is 71.4 Å². The summed E-state index contributed by atoms with van der Waals surface area (Å²) in [7, 11) is 1.87. The fourth-order valence-electron chi connectivity index (χ4n) is 3.29. The number of carbonyl (C=O) groups is 3. The van der Waals surface area contributed by atoms with E-state index in [1.54, 1.807) is 25.1 Å². The molecule has 0 radical (unpaired) electrons. The van der Waals surface area contributed by atoms with E-state index in [4.69, 9.17) is 0 Å². The predicted octanol–water partition coefficient (Wildman–Crippen LogP) is 3.15. The number of nitrogens with zero attached hydrogens (tertiary/aromatic N) is 2. The van der Waals surface area contributed by atoms with E-state index in [1.807, 2.05) is 48.0 Å². The Hall–Kier alpha value is -3.67. The van der Waals surface area contributed by atoms with Crippen LogP contribution in [0.5, 0.6) is 0 Å². The molecule has 1 aromatic heterocycles. The first-order chi connectivity index (χ1) is 13.0. The van der Waals surface area contributed by atoms with Crippen LogP contribution in [0.1, 0.15) is 11.3 Å². The molecule has 6 heteroatoms. The first kappa shape index (κ1) is 16.8. The van der Waals surface area contributed by atoms with E-state index in [0.717, 1.165) is 21.4 Å². The molecule has 2 heterocycles. The molecular weight excluding hydrogens is 342 g/mol. The van der Waals surface area contributed by atoms with E-state index >= 15 is 0 Å². The number of aromatic nitrogens is 1. The van der Waals surface area contributed by atoms with E-state index in [2.05, 4.69) is 5.32 Å². The second-order valence-corrected chi connectivity index (χ2v) is 6.43. The SMILES string of the molecule is Cc1ccccc1N1C(=O)NC(=O)/C(=C\c2cc3ccccc3n2C)C1=O. The first-order valence-corrected chi connectivity index (χ1v) is 8.49. The number of amides is 4. The molecule has 27 heavy (non-hydrogen) atoms. The van der Waals surface area contributed by atoms with Crippen molar-refractivity contribution >= 4 is 40.5 Å². The number of benzene rings is 2. The van der Waals surface area contributed by atoms with Crippen molar-refractivity contribution in [1.29, 1.82) is 0 Å². The zero-order valence-corrected chi connectivity index (χ0v) is 14.9. The highest BCUT2D eigenvalue weighted by molar-refractivity contribution is 6.39. The van der Waals surface area contributed by atoms with E-state index in [-0.39, 0.29) is 5.57 Å². The van der Waals surface area contributed by atoms with Crippen molar-refractivity contribution in [2.75, 3.05) is 4.90 Å². The second-order valence-electron chi connectivity index (χ2n) is 6.43. The molecule has 1 saturated heterocycles. The Morgan fingerprint density at radius 2 is 1.67 bits per heavy atom. The molecular formula is C21H17N3O3. The van der Waals surface area contributed by atoms with Crippen LogP contribution < -0.4 is 10.2 Å². The molecule has 1 aliphatic heterocycles. The van der Waals surface area contributed by atoms with Crippen molar-refractivity contribution < 1.29 is 14.4 Å². The van der Waals surface area contributed by atoms with Gasteiger partial charge in [-0.2, -0.15) is 0 Å². The van der Waals surface area contributed by atoms with Gasteiger partial charge in [-0.05, 0) is 36.8 Å². The third-order valence-electron chi connectivity index (χ3n) is 4.74. The lowest BCUT2D eigenvalue weighted by atomic mass is 10.1. The largest absolute Gasteiger partial charge is 0.344 e. The van der Waals surface area contributed by atoms with Crippen LogP contribution in [0.3, 0.4) is 0 Å². The van der Waals surface area contributed by atoms with Crippen LogP contribution in [0, 0.1) is 6.92 Å². The lowest BCUT2D eigenvalue weighted by Crippen LogP contribution is -2.54. The minimum Gasteiger partial charge on any atom is -0.344 e. The molecule has 0 atom stereocenters. The number of imide groups is 2. The maximum Gasteiger partial charge on any atom is 0.335 e. The quantitative estimate of drug-likeness (QED) is 0.564. The number of nitrogens with one attached hydrogen (secondary N) is 1. The zero-order chi connectivity index (χ0) is 19.1. The Bertz CT molecular complexity index is 1140. The molecule has 134 valence electrons. The summed E-state index contributed by atoms with van der Waals surface area (Å²) in [6, 6.07) is 16.0. The van der Waals surface area contributed by atoms with Gasteiger partial charge in [0.05, 0.1) is 5.69 Å². The fraction of sp³-hybridized carbons (Fsp3) is 0.0952. The first-order valence-electron chi connectivity index (χ1n) is 8.49. The number of barbiturate groups is 1. The summed E-state index contributed by atoms with van der Waals surface area (Å²) in [4.78, 5) is 38.7. The molecule has 6 nitrogen and oxygen atoms in total. The van der Waals surface area contributed by atoms with Crippen molar-refractivity contribution in [3.05, 3.63) is 71.4 Å². The van der Waals surface area contributed by atoms with Crippen LogP contribution in [0.2, 0.25) is 0 Å². The normalized spacial score (nSPS) is 16.3. The van der Waals surface area contributed by atoms with Crippen molar-refractivity contribution in [2.24, 2.45) is 7.05 Å². The number of aryl methyl sites for hydroxylation is 2. The highest BCUT2D eigenvalue weighted by Gasteiger charge is 2.37. The van der Waals surface area contributed by atoms with Gasteiger partial charge < -0.3 is 4.57 Å². The van der Waals surface area contributed by atoms with Gasteiger partial charge in [0.15, 0.2) is 0 Å². The molecule has 0 aliphatic carbocycles. The lowest BCUT2D eigenvalue weighted by Gasteiger charge is -2.27. The molecule has 0 spiro atoms. The van der Waals surface area contributed by atoms with Crippen LogP contribution in [-0.2, 0) is 16.6 Å². The Labute approximate surface area is 155 Å². The zero-order valence-electron chi connectivity index (χ0n) is 14.9. The van der Waals surface area contributed by atoms with Crippen molar-refractivity contribution in [1.82, 2.24) is 9.88 Å². The van der Waals surface area contributed by atoms with Gasteiger partial charge in [0, 0.05) is 23.6 Å². The number of anilines is 1. The Morgan fingerprint density at radius 3 is 2.41 bits per heavy atom. The van der Waals surface area contributed by atoms with Crippen LogP contribution in [0.25, 0.3) is 17.0 Å². The van der Waals surface area contributed by atoms with Gasteiger partial charge >= 0.3 is 6.03 Å². The van der Waals surface area contributed by atoms with E-state index < -0.39 is 17.8 Å². The molecule has 2 aromatic carbocycles. The second kappa shape index (κ2) is 6.25. The Balaban J connectivity index is 1.82. The molecule has 4 rings (SSSR count). The maximum atomic E-state index is 13.0. The molecule has 1 N–H and O–H groups in total. The van der Waals surface area contributed by atoms with Gasteiger partial charge in [-0.25, -0.2) is 9.69 Å². The average molecular weight is 359 g/mol. The third-order valence-corrected chi connectivity index (χ3v) is 4.74. The predicted molar refractivity (Wildman–Crippen MR) is 103 cm³/mol. The fourth-order valence-corrected chi connectivity index (χ4v) is 3.29. The smallest absolute Gasteiger partial charge is 0.335 e. The molecule has 1 fully saturated rings. The third kappa shape index (κ3) is 2.71. The minimum absolute atomic E-state index is 0.0799. The van der Waals surface area contributed by atoms with Crippen LogP contribution in [0.15, 0.2) is 60.2 Å². The van der Waals surface area contributed by atoms with Crippen LogP contribution >= 0.6 is 0 Å². The number of para-hydroxylation sites is 2. The van der Waals surface area contributed by atoms with E-state index in [9.17, 15) is 14.4 Å². The van der Waals surface area contributed by atoms with E-state index in [0.29, 0.717) is 11.4 Å². The molecule has 0 unspecified atom stereocenters. The summed E-state index contributed by atoms with van der Waals surface area (Å²) in [6.07, 6.45) is 1.52. The molecule has 3 aromatic rings. The summed E-state index contributed by atoms with van der Waals surface area (Å²) in [5.74, 6) is -1.33. The lowest BCUT2D eigenvalue weighted by molar-refractivity contribution is -0.122. The maximum absolute atomic E-state index is 13.0. The summed E-state index contributed by atoms with van der Waals surface area (Å²) < 4.78 is 1.90. The van der Waals surface area contributed by atoms with E-state index in [1.165, 1.54) is 6.08 Å². The molecule has 1 aliphatic rings. The Morgan fingerprint density at radius 1 is 0.963 bits per heavy atom. The van der Waals surface area contributed by atoms with Crippen LogP contribution in [0.4, 0.5) is 10.5 Å². The Kier molecular flexibility index (Phi) is 3.88. The van der Waals surface area contributed by atoms with Gasteiger partial charge in [0.25, 0.3) is 11.8 Å². The standard InChI is InChI=1S/C21H17N3O3/c1-13-7-3-5-9-17(13)24-20(26)16(19(25)22-21(24)27)12-15-11-14-8-4-6-10-18(14)23(15)2/h3-12H,1-2H3,(H,22,25,27)/b16-12+. The summed E-state index contributed by atoms with van der Waals surface area (Å²) in [5, 5.41) is 3.26. The average Bonchev–Trinajstić information content (AvgIpc) is 2.96. The van der Waals surface area contributed by atoms with Gasteiger partial charge in [0.1, 0.15) is 5.57 Å². The molecule has 0 bridgehead atoms. The number of fused-ring (bicyclic) bond motifs is 1. The van der Waals surface area contributed by atoms with Crippen molar-refractivity contribution in [2.45, 2.75) is 6.92 Å². The van der Waals surface area contributed by atoms with Gasteiger partial charge in [0.2, 0.25) is 0 Å². The van der Waals surface area contributed by atoms with Gasteiger partial charge in [-0.3, -0.25) is 14.9 Å². The number of hydrogen-bond donors (Lipinski definition) is 1. The summed E-state index contributed by atoms with van der Waals surface area (Å²) in [6.45, 7) is 1.81. The van der Waals surface area contributed by atoms with Crippen molar-refractivity contribution in [3.8, 4) is 0 Å². The number of carbonyl (C=O) groups excluding carboxylic acids is 3. The minimum atomic E-state index is -0.742. The monoisotopic (exact) mass is 359 g/mol. The van der Waals surface area contributed by atoms with Gasteiger partial charge in [-0.1, -0.05) is 36.4 Å². The van der Waals surface area contributed by atoms with Crippen molar-refractivity contribution in [3.63, 3.8) is 0 Å². The number of urea groups is 1. The summed E-state index contributed by atoms with van der Waals surface area (Å²) in [5.41, 5.74) is 2.83. The number of hydrogen-bond acceptors (Lipinski definition) is 3. The summed E-state index contributed by atoms with van der Waals surface area (Å²) >= 11 is 0. The van der Waals surface area contributed by atoms with Gasteiger partial charge in [-0.15, -0.1) is 0 Å². The molecule has 4 amide bonds. The highest BCUT2D eigenvalue weighted by Crippen LogP contribution is 2.26. The molecule has 0 saturated carbocycles. The number of rotatable bonds is 2. The highest BCUT2D eigenvalue weighted by atomic mass is 16.2.